The molecule has 3 aliphatic rings. The van der Waals surface area contributed by atoms with Gasteiger partial charge in [-0.1, -0.05) is 6.07 Å². The predicted molar refractivity (Wildman–Crippen MR) is 96.7 cm³/mol. The molecule has 122 valence electrons. The maximum Gasteiger partial charge on any atom is 0.231 e. The first kappa shape index (κ1) is 14.7. The lowest BCUT2D eigenvalue weighted by molar-refractivity contribution is 0.124. The van der Waals surface area contributed by atoms with Gasteiger partial charge in [0.1, 0.15) is 5.75 Å². The zero-order chi connectivity index (χ0) is 16.1. The molecule has 1 aliphatic heterocycles. The highest BCUT2D eigenvalue weighted by molar-refractivity contribution is 9.10. The molecule has 0 aromatic heterocycles. The number of aryl methyl sites for hydroxylation is 1. The van der Waals surface area contributed by atoms with E-state index in [9.17, 15) is 0 Å². The number of hydrogen-bond acceptors (Lipinski definition) is 2. The van der Waals surface area contributed by atoms with Crippen molar-refractivity contribution in [2.45, 2.75) is 51.4 Å². The van der Waals surface area contributed by atoms with E-state index in [1.54, 1.807) is 0 Å². The van der Waals surface area contributed by atoms with Crippen LogP contribution >= 0.6 is 15.9 Å². The number of fused-ring (bicyclic) bond motifs is 7. The average molecular weight is 383 g/mol. The molecule has 24 heavy (non-hydrogen) atoms. The molecule has 0 spiro atoms. The van der Waals surface area contributed by atoms with E-state index >= 15 is 0 Å². The zero-order valence-electron chi connectivity index (χ0n) is 13.6. The molecule has 1 heterocycles. The van der Waals surface area contributed by atoms with Crippen molar-refractivity contribution in [3.63, 3.8) is 0 Å². The molecule has 2 nitrogen and oxygen atoms in total. The maximum atomic E-state index is 6.02. The third kappa shape index (κ3) is 2.16. The molecule has 0 bridgehead atoms. The molecule has 0 saturated carbocycles. The molecule has 2 aromatic carbocycles. The fourth-order valence-electron chi connectivity index (χ4n) is 4.42. The lowest BCUT2D eigenvalue weighted by Crippen LogP contribution is -2.09. The number of halogens is 1. The summed E-state index contributed by atoms with van der Waals surface area (Å²) in [6, 6.07) is 8.89. The number of ether oxygens (including phenoxy) is 2. The predicted octanol–water partition coefficient (Wildman–Crippen LogP) is 5.20. The van der Waals surface area contributed by atoms with Gasteiger partial charge in [0.25, 0.3) is 0 Å². The monoisotopic (exact) mass is 382 g/mol. The Kier molecular flexibility index (Phi) is 3.49. The van der Waals surface area contributed by atoms with Crippen LogP contribution in [0.3, 0.4) is 0 Å². The first-order valence-corrected chi connectivity index (χ1v) is 9.71. The Morgan fingerprint density at radius 1 is 0.833 bits per heavy atom. The third-order valence-electron chi connectivity index (χ3n) is 5.54. The van der Waals surface area contributed by atoms with E-state index in [4.69, 9.17) is 9.47 Å². The molecular formula is C21H19BrO2. The maximum absolute atomic E-state index is 6.02. The van der Waals surface area contributed by atoms with Crippen LogP contribution in [-0.4, -0.2) is 6.79 Å². The van der Waals surface area contributed by atoms with Crippen LogP contribution in [0, 0.1) is 12.1 Å². The molecule has 3 heteroatoms. The highest BCUT2D eigenvalue weighted by Gasteiger charge is 2.29. The second-order valence-electron chi connectivity index (χ2n) is 6.93. The number of hydrogen-bond donors (Lipinski definition) is 0. The first-order valence-electron chi connectivity index (χ1n) is 8.92. The van der Waals surface area contributed by atoms with Crippen molar-refractivity contribution in [1.29, 1.82) is 0 Å². The Labute approximate surface area is 151 Å². The minimum Gasteiger partial charge on any atom is -0.456 e. The molecule has 0 fully saturated rings. The van der Waals surface area contributed by atoms with Gasteiger partial charge in [0, 0.05) is 16.7 Å². The summed E-state index contributed by atoms with van der Waals surface area (Å²) in [5, 5.41) is 0. The van der Waals surface area contributed by atoms with Crippen LogP contribution in [0.25, 0.3) is 11.1 Å². The molecule has 2 aromatic rings. The van der Waals surface area contributed by atoms with E-state index in [-0.39, 0.29) is 6.79 Å². The Hall–Kier alpha value is -1.66. The second kappa shape index (κ2) is 5.70. The van der Waals surface area contributed by atoms with Crippen LogP contribution in [-0.2, 0) is 25.7 Å². The Balaban J connectivity index is 1.86. The van der Waals surface area contributed by atoms with Crippen molar-refractivity contribution < 1.29 is 9.47 Å². The highest BCUT2D eigenvalue weighted by atomic mass is 79.9. The van der Waals surface area contributed by atoms with Crippen LogP contribution in [0.5, 0.6) is 11.5 Å². The molecule has 0 saturated heterocycles. The highest BCUT2D eigenvalue weighted by Crippen LogP contribution is 2.49. The quantitative estimate of drug-likeness (QED) is 0.622. The van der Waals surface area contributed by atoms with Crippen LogP contribution in [0.1, 0.15) is 47.9 Å². The molecule has 2 aliphatic carbocycles. The van der Waals surface area contributed by atoms with Crippen molar-refractivity contribution in [1.82, 2.24) is 0 Å². The van der Waals surface area contributed by atoms with Crippen molar-refractivity contribution in [3.8, 4) is 22.6 Å². The van der Waals surface area contributed by atoms with Gasteiger partial charge in [-0.2, -0.15) is 0 Å². The van der Waals surface area contributed by atoms with Crippen molar-refractivity contribution in [3.05, 3.63) is 44.9 Å². The summed E-state index contributed by atoms with van der Waals surface area (Å²) in [5.74, 6) is 1.77. The summed E-state index contributed by atoms with van der Waals surface area (Å²) >= 11 is 3.75. The van der Waals surface area contributed by atoms with Gasteiger partial charge in [-0.05, 0) is 96.1 Å². The largest absolute Gasteiger partial charge is 0.456 e. The van der Waals surface area contributed by atoms with E-state index < -0.39 is 0 Å². The van der Waals surface area contributed by atoms with Gasteiger partial charge in [-0.15, -0.1) is 0 Å². The number of rotatable bonds is 0. The van der Waals surface area contributed by atoms with Gasteiger partial charge >= 0.3 is 0 Å². The average Bonchev–Trinajstić information content (AvgIpc) is 2.82. The van der Waals surface area contributed by atoms with Crippen LogP contribution in [0.15, 0.2) is 10.5 Å². The fraction of sp³-hybridized carbons (Fsp3) is 0.429. The topological polar surface area (TPSA) is 18.5 Å². The van der Waals surface area contributed by atoms with Crippen LogP contribution < -0.4 is 9.47 Å². The van der Waals surface area contributed by atoms with Crippen molar-refractivity contribution >= 4 is 15.9 Å². The van der Waals surface area contributed by atoms with Gasteiger partial charge in [0.2, 0.25) is 6.79 Å². The summed E-state index contributed by atoms with van der Waals surface area (Å²) in [5.41, 5.74) is 8.14. The Morgan fingerprint density at radius 3 is 2.54 bits per heavy atom. The molecular weight excluding hydrogens is 364 g/mol. The molecule has 0 unspecified atom stereocenters. The smallest absolute Gasteiger partial charge is 0.231 e. The van der Waals surface area contributed by atoms with E-state index in [1.807, 2.05) is 0 Å². The lowest BCUT2D eigenvalue weighted by atomic mass is 9.81. The normalized spacial score (nSPS) is 17.9. The Morgan fingerprint density at radius 2 is 1.62 bits per heavy atom. The standard InChI is InChI=1S/C21H19BrO2/c22-17-11-14-6-2-4-8-16(14)20-19-15-7-3-1-5-13(15)9-10-18(19)23-12-24-21(17)20/h11H,1-8,12H2. The van der Waals surface area contributed by atoms with E-state index in [2.05, 4.69) is 34.1 Å². The lowest BCUT2D eigenvalue weighted by Gasteiger charge is -2.25. The van der Waals surface area contributed by atoms with Gasteiger partial charge in [-0.25, -0.2) is 0 Å². The van der Waals surface area contributed by atoms with Crippen LogP contribution in [0.4, 0.5) is 0 Å². The minimum absolute atomic E-state index is 0.237. The molecule has 0 amide bonds. The van der Waals surface area contributed by atoms with Crippen molar-refractivity contribution in [2.24, 2.45) is 0 Å². The summed E-state index contributed by atoms with van der Waals surface area (Å²) in [4.78, 5) is 0. The second-order valence-corrected chi connectivity index (χ2v) is 7.79. The third-order valence-corrected chi connectivity index (χ3v) is 6.13. The molecule has 0 atom stereocenters. The van der Waals surface area contributed by atoms with Crippen LogP contribution in [0.2, 0.25) is 0 Å². The summed E-state index contributed by atoms with van der Waals surface area (Å²) in [7, 11) is 0. The Bertz CT molecular complexity index is 825. The SMILES string of the molecule is Brc1cc2c(c3c1OCOc1c#cc4c(c1-3)CCCC4)CCCC2. The summed E-state index contributed by atoms with van der Waals surface area (Å²) in [6.07, 6.45) is 9.50. The van der Waals surface area contributed by atoms with E-state index in [1.165, 1.54) is 59.1 Å². The number of benzene rings is 1. The summed E-state index contributed by atoms with van der Waals surface area (Å²) < 4.78 is 13.0. The minimum atomic E-state index is 0.237. The van der Waals surface area contributed by atoms with E-state index in [0.29, 0.717) is 0 Å². The van der Waals surface area contributed by atoms with Gasteiger partial charge in [-0.3, -0.25) is 0 Å². The van der Waals surface area contributed by atoms with Gasteiger partial charge < -0.3 is 9.47 Å². The molecule has 0 N–H and O–H groups in total. The summed E-state index contributed by atoms with van der Waals surface area (Å²) in [6.45, 7) is 0.237. The van der Waals surface area contributed by atoms with E-state index in [0.717, 1.165) is 41.7 Å². The fourth-order valence-corrected chi connectivity index (χ4v) is 5.01. The first-order chi connectivity index (χ1) is 11.8. The zero-order valence-corrected chi connectivity index (χ0v) is 15.2. The molecule has 0 radical (unpaired) electrons. The van der Waals surface area contributed by atoms with Crippen molar-refractivity contribution in [2.75, 3.05) is 6.79 Å². The van der Waals surface area contributed by atoms with Gasteiger partial charge in [0.15, 0.2) is 5.75 Å². The molecule has 5 rings (SSSR count). The van der Waals surface area contributed by atoms with Gasteiger partial charge in [0.05, 0.1) is 4.47 Å².